The summed E-state index contributed by atoms with van der Waals surface area (Å²) in [7, 11) is 1.72. The molecule has 0 saturated heterocycles. The zero-order valence-electron chi connectivity index (χ0n) is 15.3. The zero-order chi connectivity index (χ0) is 18.1. The number of imidazole rings is 1. The van der Waals surface area contributed by atoms with Gasteiger partial charge in [0.25, 0.3) is 0 Å². The lowest BCUT2D eigenvalue weighted by Crippen LogP contribution is -2.22. The quantitative estimate of drug-likeness (QED) is 0.553. The Labute approximate surface area is 152 Å². The van der Waals surface area contributed by atoms with Crippen LogP contribution in [0, 0.1) is 0 Å². The lowest BCUT2D eigenvalue weighted by Gasteiger charge is -2.20. The van der Waals surface area contributed by atoms with Gasteiger partial charge in [0, 0.05) is 29.3 Å². The van der Waals surface area contributed by atoms with Gasteiger partial charge in [0.15, 0.2) is 5.82 Å². The second-order valence-corrected chi connectivity index (χ2v) is 6.38. The first kappa shape index (κ1) is 16.6. The highest BCUT2D eigenvalue weighted by Crippen LogP contribution is 2.28. The van der Waals surface area contributed by atoms with Crippen LogP contribution < -0.4 is 4.74 Å². The Kier molecular flexibility index (Phi) is 4.34. The molecule has 0 fully saturated rings. The lowest BCUT2D eigenvalue weighted by atomic mass is 10.1. The summed E-state index contributed by atoms with van der Waals surface area (Å²) in [6.45, 7) is 7.20. The molecule has 0 amide bonds. The van der Waals surface area contributed by atoms with E-state index in [1.165, 1.54) is 0 Å². The molecule has 2 heterocycles. The highest BCUT2D eigenvalue weighted by Gasteiger charge is 2.13. The number of ether oxygens (including phenoxy) is 1. The topological polar surface area (TPSA) is 69.8 Å². The second-order valence-electron chi connectivity index (χ2n) is 6.38. The average molecular weight is 349 g/mol. The van der Waals surface area contributed by atoms with Gasteiger partial charge in [-0.05, 0) is 43.4 Å². The van der Waals surface area contributed by atoms with Crippen LogP contribution in [0.15, 0.2) is 36.5 Å². The van der Waals surface area contributed by atoms with Crippen molar-refractivity contribution in [2.24, 2.45) is 0 Å². The highest BCUT2D eigenvalue weighted by atomic mass is 16.5. The summed E-state index contributed by atoms with van der Waals surface area (Å²) < 4.78 is 5.55. The van der Waals surface area contributed by atoms with Crippen LogP contribution in [-0.2, 0) is 6.54 Å². The maximum Gasteiger partial charge on any atom is 0.160 e. The molecule has 2 N–H and O–H groups in total. The summed E-state index contributed by atoms with van der Waals surface area (Å²) >= 11 is 0. The van der Waals surface area contributed by atoms with E-state index in [2.05, 4.69) is 41.1 Å². The van der Waals surface area contributed by atoms with Gasteiger partial charge < -0.3 is 14.9 Å². The molecule has 2 aromatic carbocycles. The summed E-state index contributed by atoms with van der Waals surface area (Å²) in [5.74, 6) is 1.65. The highest BCUT2D eigenvalue weighted by molar-refractivity contribution is 5.94. The van der Waals surface area contributed by atoms with Crippen molar-refractivity contribution in [1.29, 1.82) is 0 Å². The van der Waals surface area contributed by atoms with Gasteiger partial charge >= 0.3 is 0 Å². The monoisotopic (exact) mass is 349 g/mol. The summed E-state index contributed by atoms with van der Waals surface area (Å²) in [6.07, 6.45) is 1.93. The van der Waals surface area contributed by atoms with Crippen molar-refractivity contribution >= 4 is 21.9 Å². The van der Waals surface area contributed by atoms with E-state index in [-0.39, 0.29) is 0 Å². The van der Waals surface area contributed by atoms with Crippen molar-refractivity contribution in [1.82, 2.24) is 25.1 Å². The number of fused-ring (bicyclic) bond motifs is 2. The predicted molar refractivity (Wildman–Crippen MR) is 104 cm³/mol. The fourth-order valence-electron chi connectivity index (χ4n) is 3.30. The van der Waals surface area contributed by atoms with Crippen LogP contribution in [0.1, 0.15) is 19.4 Å². The number of H-pyrrole nitrogens is 2. The molecule has 0 radical (unpaired) electrons. The van der Waals surface area contributed by atoms with Gasteiger partial charge in [-0.2, -0.15) is 0 Å². The first-order chi connectivity index (χ1) is 12.7. The maximum atomic E-state index is 5.55. The predicted octanol–water partition coefficient (Wildman–Crippen LogP) is 3.96. The van der Waals surface area contributed by atoms with Crippen LogP contribution in [0.5, 0.6) is 5.75 Å². The molecular formula is C20H23N5O. The molecule has 2 aromatic heterocycles. The smallest absolute Gasteiger partial charge is 0.160 e. The summed E-state index contributed by atoms with van der Waals surface area (Å²) in [5, 5.41) is 7.20. The number of methoxy groups -OCH3 is 1. The first-order valence-corrected chi connectivity index (χ1v) is 8.94. The number of rotatable bonds is 6. The van der Waals surface area contributed by atoms with Gasteiger partial charge in [0.2, 0.25) is 0 Å². The van der Waals surface area contributed by atoms with Crippen LogP contribution in [0.25, 0.3) is 33.3 Å². The molecule has 0 spiro atoms. The van der Waals surface area contributed by atoms with Gasteiger partial charge in [-0.15, -0.1) is 0 Å². The molecule has 0 aliphatic carbocycles. The van der Waals surface area contributed by atoms with Crippen molar-refractivity contribution in [3.05, 3.63) is 42.1 Å². The second kappa shape index (κ2) is 6.80. The molecule has 0 saturated carbocycles. The number of benzene rings is 2. The van der Waals surface area contributed by atoms with Crippen LogP contribution >= 0.6 is 0 Å². The summed E-state index contributed by atoms with van der Waals surface area (Å²) in [5.41, 5.74) is 5.00. The van der Waals surface area contributed by atoms with Crippen LogP contribution in [0.3, 0.4) is 0 Å². The molecule has 4 rings (SSSR count). The molecule has 0 atom stereocenters. The van der Waals surface area contributed by atoms with Gasteiger partial charge in [0.05, 0.1) is 23.7 Å². The number of aromatic nitrogens is 4. The first-order valence-electron chi connectivity index (χ1n) is 8.94. The lowest BCUT2D eigenvalue weighted by molar-refractivity contribution is 0.289. The molecule has 0 bridgehead atoms. The molecule has 0 unspecified atom stereocenters. The Balaban J connectivity index is 1.75. The third-order valence-electron chi connectivity index (χ3n) is 4.86. The molecule has 6 nitrogen and oxygen atoms in total. The molecule has 0 aliphatic heterocycles. The fourth-order valence-corrected chi connectivity index (χ4v) is 3.30. The molecule has 26 heavy (non-hydrogen) atoms. The van der Waals surface area contributed by atoms with Crippen molar-refractivity contribution in [2.45, 2.75) is 20.4 Å². The van der Waals surface area contributed by atoms with Gasteiger partial charge in [-0.25, -0.2) is 9.97 Å². The summed E-state index contributed by atoms with van der Waals surface area (Å²) in [4.78, 5) is 11.8. The number of aromatic amines is 2. The molecule has 6 heteroatoms. The van der Waals surface area contributed by atoms with Crippen molar-refractivity contribution in [3.8, 4) is 17.1 Å². The maximum absolute atomic E-state index is 5.55. The SMILES string of the molecule is CCN(CC)Cc1cc(-c2nc3cc4c[nH][nH]c4cc3n2)ccc1OC. The molecule has 0 aliphatic rings. The van der Waals surface area contributed by atoms with Gasteiger partial charge in [-0.1, -0.05) is 13.8 Å². The van der Waals surface area contributed by atoms with E-state index in [0.717, 1.165) is 64.3 Å². The van der Waals surface area contributed by atoms with E-state index in [1.807, 2.05) is 24.4 Å². The zero-order valence-corrected chi connectivity index (χ0v) is 15.3. The van der Waals surface area contributed by atoms with E-state index in [4.69, 9.17) is 14.7 Å². The minimum Gasteiger partial charge on any atom is -0.496 e. The van der Waals surface area contributed by atoms with E-state index < -0.39 is 0 Å². The third kappa shape index (κ3) is 2.93. The van der Waals surface area contributed by atoms with E-state index >= 15 is 0 Å². The van der Waals surface area contributed by atoms with Crippen molar-refractivity contribution < 1.29 is 4.74 Å². The summed E-state index contributed by atoms with van der Waals surface area (Å²) in [6, 6.07) is 10.3. The molecule has 4 aromatic rings. The van der Waals surface area contributed by atoms with E-state index in [1.54, 1.807) is 7.11 Å². The van der Waals surface area contributed by atoms with Crippen molar-refractivity contribution in [2.75, 3.05) is 20.2 Å². The Bertz CT molecular complexity index is 997. The van der Waals surface area contributed by atoms with Crippen molar-refractivity contribution in [3.63, 3.8) is 0 Å². The van der Waals surface area contributed by atoms with Crippen LogP contribution in [0.2, 0.25) is 0 Å². The minimum absolute atomic E-state index is 0.750. The minimum atomic E-state index is 0.750. The Morgan fingerprint density at radius 1 is 1.04 bits per heavy atom. The number of hydrogen-bond acceptors (Lipinski definition) is 4. The van der Waals surface area contributed by atoms with Gasteiger partial charge in [-0.3, -0.25) is 4.90 Å². The van der Waals surface area contributed by atoms with E-state index in [0.29, 0.717) is 0 Å². The van der Waals surface area contributed by atoms with Crippen LogP contribution in [0.4, 0.5) is 0 Å². The molecular weight excluding hydrogens is 326 g/mol. The van der Waals surface area contributed by atoms with Crippen LogP contribution in [-0.4, -0.2) is 45.3 Å². The number of hydrogen-bond donors (Lipinski definition) is 2. The number of nitrogens with zero attached hydrogens (tertiary/aromatic N) is 3. The Morgan fingerprint density at radius 3 is 2.54 bits per heavy atom. The Hall–Kier alpha value is -2.86. The Morgan fingerprint density at radius 2 is 1.81 bits per heavy atom. The number of nitrogens with one attached hydrogen (secondary N) is 2. The largest absolute Gasteiger partial charge is 0.496 e. The standard InChI is InChI=1S/C20H23N5O/c1-4-25(5-2)12-15-8-13(6-7-19(15)26-3)20-22-17-9-14-11-21-24-16(14)10-18(17)23-20/h6-11,21,24H,4-5,12H2,1-3H3. The third-order valence-corrected chi connectivity index (χ3v) is 4.86. The van der Waals surface area contributed by atoms with Gasteiger partial charge in [0.1, 0.15) is 5.75 Å². The average Bonchev–Trinajstić information content (AvgIpc) is 3.29. The normalized spacial score (nSPS) is 11.7. The van der Waals surface area contributed by atoms with E-state index in [9.17, 15) is 0 Å². The molecule has 134 valence electrons. The fraction of sp³-hybridized carbons (Fsp3) is 0.300.